The highest BCUT2D eigenvalue weighted by molar-refractivity contribution is 6.32. The van der Waals surface area contributed by atoms with Crippen LogP contribution in [0.5, 0.6) is 5.75 Å². The Labute approximate surface area is 238 Å². The average molecular weight is 598 g/mol. The maximum absolute atomic E-state index is 15.1. The van der Waals surface area contributed by atoms with Gasteiger partial charge in [-0.15, -0.1) is 25.6 Å². The number of benzene rings is 2. The molecule has 3 heterocycles. The molecule has 2 aromatic heterocycles. The summed E-state index contributed by atoms with van der Waals surface area (Å²) >= 11 is 6.16. The number of rotatable bonds is 6. The summed E-state index contributed by atoms with van der Waals surface area (Å²) in [6, 6.07) is 15.8. The number of carbonyl (C=O) groups excluding carboxylic acids is 1. The zero-order valence-electron chi connectivity index (χ0n) is 21.2. The minimum Gasteiger partial charge on any atom is -0.406 e. The molecule has 1 atom stereocenters. The third kappa shape index (κ3) is 6.37. The Morgan fingerprint density at radius 3 is 2.55 bits per heavy atom. The number of nitrogens with zero attached hydrogens (tertiary/aromatic N) is 4. The lowest BCUT2D eigenvalue weighted by atomic mass is 10.1. The van der Waals surface area contributed by atoms with Crippen LogP contribution in [-0.4, -0.2) is 47.3 Å². The van der Waals surface area contributed by atoms with Gasteiger partial charge in [0.1, 0.15) is 17.2 Å². The largest absolute Gasteiger partial charge is 0.573 e. The predicted molar refractivity (Wildman–Crippen MR) is 147 cm³/mol. The number of pyridine rings is 1. The van der Waals surface area contributed by atoms with Crippen molar-refractivity contribution in [2.24, 2.45) is 0 Å². The highest BCUT2D eigenvalue weighted by Gasteiger charge is 2.31. The second-order valence-corrected chi connectivity index (χ2v) is 9.54. The van der Waals surface area contributed by atoms with Crippen molar-refractivity contribution in [3.05, 3.63) is 89.1 Å². The predicted octanol–water partition coefficient (Wildman–Crippen LogP) is 6.09. The maximum atomic E-state index is 15.1. The van der Waals surface area contributed by atoms with Crippen LogP contribution in [0, 0.1) is 5.82 Å². The van der Waals surface area contributed by atoms with Crippen molar-refractivity contribution in [2.45, 2.75) is 25.9 Å². The highest BCUT2D eigenvalue weighted by Crippen LogP contribution is 2.29. The molecule has 13 heteroatoms. The SMILES string of the molecule is C[C@H]1CN(c2ccc(CNC(=O)c3c(Cl)nc4ccccn34)cc2F)CCN1c1ccc(OC(F)(F)F)cc1.Cl. The van der Waals surface area contributed by atoms with E-state index >= 15 is 4.39 Å². The maximum Gasteiger partial charge on any atom is 0.573 e. The van der Waals surface area contributed by atoms with Gasteiger partial charge in [0.05, 0.1) is 5.69 Å². The van der Waals surface area contributed by atoms with Gasteiger partial charge in [0.2, 0.25) is 0 Å². The van der Waals surface area contributed by atoms with Gasteiger partial charge in [0.15, 0.2) is 10.8 Å². The lowest BCUT2D eigenvalue weighted by Gasteiger charge is -2.42. The minimum atomic E-state index is -4.74. The zero-order valence-corrected chi connectivity index (χ0v) is 22.7. The number of ether oxygens (including phenoxy) is 1. The minimum absolute atomic E-state index is 0. The molecule has 4 aromatic rings. The number of hydrogen-bond acceptors (Lipinski definition) is 5. The number of amides is 1. The van der Waals surface area contributed by atoms with Crippen LogP contribution in [0.4, 0.5) is 28.9 Å². The Kier molecular flexibility index (Phi) is 8.65. The van der Waals surface area contributed by atoms with Crippen LogP contribution in [0.3, 0.4) is 0 Å². The number of aromatic nitrogens is 2. The molecule has 1 N–H and O–H groups in total. The Hall–Kier alpha value is -3.70. The fourth-order valence-electron chi connectivity index (χ4n) is 4.75. The normalized spacial score (nSPS) is 15.6. The van der Waals surface area contributed by atoms with E-state index in [1.165, 1.54) is 18.2 Å². The molecule has 0 unspecified atom stereocenters. The van der Waals surface area contributed by atoms with E-state index < -0.39 is 18.1 Å². The summed E-state index contributed by atoms with van der Waals surface area (Å²) in [7, 11) is 0. The first-order valence-corrected chi connectivity index (χ1v) is 12.5. The van der Waals surface area contributed by atoms with Gasteiger partial charge in [-0.2, -0.15) is 0 Å². The number of imidazole rings is 1. The molecule has 0 saturated carbocycles. The van der Waals surface area contributed by atoms with Gasteiger partial charge < -0.3 is 19.9 Å². The van der Waals surface area contributed by atoms with E-state index in [9.17, 15) is 18.0 Å². The summed E-state index contributed by atoms with van der Waals surface area (Å²) in [5.41, 5.74) is 2.54. The van der Waals surface area contributed by atoms with E-state index in [2.05, 4.69) is 19.9 Å². The van der Waals surface area contributed by atoms with Crippen LogP contribution >= 0.6 is 24.0 Å². The first-order valence-electron chi connectivity index (χ1n) is 12.2. The molecule has 0 spiro atoms. The number of hydrogen-bond donors (Lipinski definition) is 1. The van der Waals surface area contributed by atoms with Gasteiger partial charge in [-0.25, -0.2) is 9.37 Å². The molecule has 1 amide bonds. The van der Waals surface area contributed by atoms with E-state index in [0.29, 0.717) is 36.5 Å². The molecule has 5 rings (SSSR count). The molecule has 40 heavy (non-hydrogen) atoms. The second kappa shape index (κ2) is 11.8. The molecule has 1 saturated heterocycles. The van der Waals surface area contributed by atoms with E-state index in [-0.39, 0.29) is 41.6 Å². The third-order valence-electron chi connectivity index (χ3n) is 6.54. The third-order valence-corrected chi connectivity index (χ3v) is 6.80. The van der Waals surface area contributed by atoms with Crippen LogP contribution in [0.1, 0.15) is 23.0 Å². The molecule has 1 aliphatic heterocycles. The summed E-state index contributed by atoms with van der Waals surface area (Å²) in [5, 5.41) is 2.85. The van der Waals surface area contributed by atoms with Gasteiger partial charge in [-0.05, 0) is 61.0 Å². The lowest BCUT2D eigenvalue weighted by molar-refractivity contribution is -0.274. The number of nitrogens with one attached hydrogen (secondary N) is 1. The second-order valence-electron chi connectivity index (χ2n) is 9.18. The molecule has 212 valence electrons. The van der Waals surface area contributed by atoms with Crippen LogP contribution in [-0.2, 0) is 6.54 Å². The number of carbonyl (C=O) groups is 1. The Bertz CT molecular complexity index is 1500. The first kappa shape index (κ1) is 29.3. The fraction of sp³-hybridized carbons (Fsp3) is 0.259. The van der Waals surface area contributed by atoms with Crippen molar-refractivity contribution in [3.8, 4) is 5.75 Å². The Morgan fingerprint density at radius 2 is 1.88 bits per heavy atom. The molecular weight excluding hydrogens is 573 g/mol. The number of halogens is 6. The van der Waals surface area contributed by atoms with Crippen LogP contribution < -0.4 is 19.9 Å². The van der Waals surface area contributed by atoms with Crippen molar-refractivity contribution < 1.29 is 27.1 Å². The topological polar surface area (TPSA) is 62.1 Å². The van der Waals surface area contributed by atoms with Gasteiger partial charge in [0, 0.05) is 44.1 Å². The number of fused-ring (bicyclic) bond motifs is 1. The fourth-order valence-corrected chi connectivity index (χ4v) is 5.02. The number of alkyl halides is 3. The summed E-state index contributed by atoms with van der Waals surface area (Å²) in [5.74, 6) is -1.12. The van der Waals surface area contributed by atoms with Crippen LogP contribution in [0.15, 0.2) is 66.9 Å². The van der Waals surface area contributed by atoms with Crippen molar-refractivity contribution in [1.82, 2.24) is 14.7 Å². The summed E-state index contributed by atoms with van der Waals surface area (Å²) < 4.78 is 57.9. The smallest absolute Gasteiger partial charge is 0.406 e. The van der Waals surface area contributed by atoms with Gasteiger partial charge >= 0.3 is 6.36 Å². The summed E-state index contributed by atoms with van der Waals surface area (Å²) in [6.45, 7) is 3.66. The lowest BCUT2D eigenvalue weighted by Crippen LogP contribution is -2.52. The van der Waals surface area contributed by atoms with Gasteiger partial charge in [-0.3, -0.25) is 9.20 Å². The number of anilines is 2. The van der Waals surface area contributed by atoms with Crippen LogP contribution in [0.2, 0.25) is 5.15 Å². The molecule has 0 radical (unpaired) electrons. The molecule has 7 nitrogen and oxygen atoms in total. The molecule has 2 aromatic carbocycles. The molecule has 0 bridgehead atoms. The molecule has 1 aliphatic rings. The molecular formula is C27H25Cl2F4N5O2. The Morgan fingerprint density at radius 1 is 1.12 bits per heavy atom. The van der Waals surface area contributed by atoms with Crippen molar-refractivity contribution in [2.75, 3.05) is 29.4 Å². The quantitative estimate of drug-likeness (QED) is 0.272. The molecule has 0 aliphatic carbocycles. The van der Waals surface area contributed by atoms with E-state index in [1.807, 2.05) is 11.8 Å². The monoisotopic (exact) mass is 597 g/mol. The van der Waals surface area contributed by atoms with E-state index in [0.717, 1.165) is 5.69 Å². The van der Waals surface area contributed by atoms with E-state index in [4.69, 9.17) is 11.6 Å². The summed E-state index contributed by atoms with van der Waals surface area (Å²) in [6.07, 6.45) is -3.05. The first-order chi connectivity index (χ1) is 18.6. The van der Waals surface area contributed by atoms with Crippen molar-refractivity contribution in [3.63, 3.8) is 0 Å². The molecule has 1 fully saturated rings. The van der Waals surface area contributed by atoms with Crippen molar-refractivity contribution >= 4 is 46.9 Å². The van der Waals surface area contributed by atoms with Gasteiger partial charge in [-0.1, -0.05) is 23.7 Å². The van der Waals surface area contributed by atoms with Crippen molar-refractivity contribution in [1.29, 1.82) is 0 Å². The summed E-state index contributed by atoms with van der Waals surface area (Å²) in [4.78, 5) is 20.9. The number of piperazine rings is 1. The Balaban J connectivity index is 0.00000370. The van der Waals surface area contributed by atoms with Crippen LogP contribution in [0.25, 0.3) is 5.65 Å². The zero-order chi connectivity index (χ0) is 27.7. The average Bonchev–Trinajstić information content (AvgIpc) is 3.23. The highest BCUT2D eigenvalue weighted by atomic mass is 35.5. The van der Waals surface area contributed by atoms with Gasteiger partial charge in [0.25, 0.3) is 5.91 Å². The standard InChI is InChI=1S/C27H24ClF4N5O2.ClH/c1-17-16-35(12-13-36(17)19-6-8-20(9-7-19)39-27(30,31)32)22-10-5-18(14-21(22)29)15-33-26(38)24-25(28)34-23-4-2-3-11-37(23)24;/h2-11,14,17H,12-13,15-16H2,1H3,(H,33,38);1H/t17-;/m0./s1. The van der Waals surface area contributed by atoms with E-state index in [1.54, 1.807) is 53.1 Å².